The van der Waals surface area contributed by atoms with E-state index < -0.39 is 52.6 Å². The van der Waals surface area contributed by atoms with Gasteiger partial charge in [-0.2, -0.15) is 0 Å². The van der Waals surface area contributed by atoms with Gasteiger partial charge in [-0.3, -0.25) is 24.1 Å². The Hall–Kier alpha value is -4.30. The Morgan fingerprint density at radius 2 is 1.70 bits per heavy atom. The molecule has 2 saturated heterocycles. The normalized spacial score (nSPS) is 29.5. The van der Waals surface area contributed by atoms with Crippen LogP contribution < -0.4 is 4.90 Å². The van der Waals surface area contributed by atoms with Crippen LogP contribution in [0.25, 0.3) is 0 Å². The lowest BCUT2D eigenvalue weighted by molar-refractivity contribution is -0.141. The van der Waals surface area contributed by atoms with Gasteiger partial charge in [-0.05, 0) is 73.6 Å². The molecule has 2 heterocycles. The van der Waals surface area contributed by atoms with Gasteiger partial charge < -0.3 is 5.11 Å². The standard InChI is InChI=1S/C35H30ClFN2O5/c1-18-14-20(8-13-28(18)40)30-22-10-11-23-29(33(43)38(31(23)41)17-19-6-4-3-5-7-19)24(22)16-25-32(42)39(34(44)35(25,30)2)21-9-12-27(37)26(36)15-21/h3-10,12-15,23-25,29-30,40H,11,16-17H2,1-2H3. The highest BCUT2D eigenvalue weighted by Crippen LogP contribution is 2.63. The fourth-order valence-electron chi connectivity index (χ4n) is 8.11. The SMILES string of the molecule is Cc1cc(C2C3=CCC4C(=O)N(Cc5ccccc5)C(=O)C4C3CC3C(=O)N(c4ccc(F)c(Cl)c4)C(=O)C32C)ccc1O. The van der Waals surface area contributed by atoms with Gasteiger partial charge in [0.1, 0.15) is 11.6 Å². The van der Waals surface area contributed by atoms with Gasteiger partial charge in [0.15, 0.2) is 0 Å². The first-order chi connectivity index (χ1) is 21.0. The maximum Gasteiger partial charge on any atom is 0.241 e. The first-order valence-corrected chi connectivity index (χ1v) is 15.1. The Balaban J connectivity index is 1.34. The quantitative estimate of drug-likeness (QED) is 0.291. The van der Waals surface area contributed by atoms with Gasteiger partial charge in [-0.15, -0.1) is 0 Å². The number of nitrogens with zero attached hydrogens (tertiary/aromatic N) is 2. The van der Waals surface area contributed by atoms with E-state index in [0.29, 0.717) is 12.0 Å². The molecule has 0 aromatic heterocycles. The summed E-state index contributed by atoms with van der Waals surface area (Å²) in [6.45, 7) is 3.72. The first kappa shape index (κ1) is 28.5. The number of fused-ring (bicyclic) bond motifs is 4. The Kier molecular flexibility index (Phi) is 6.55. The lowest BCUT2D eigenvalue weighted by Crippen LogP contribution is -2.48. The number of anilines is 1. The highest BCUT2D eigenvalue weighted by atomic mass is 35.5. The molecular formula is C35H30ClFN2O5. The molecule has 4 amide bonds. The van der Waals surface area contributed by atoms with Crippen molar-refractivity contribution in [2.75, 3.05) is 4.90 Å². The van der Waals surface area contributed by atoms with Crippen molar-refractivity contribution in [3.8, 4) is 5.75 Å². The van der Waals surface area contributed by atoms with Gasteiger partial charge >= 0.3 is 0 Å². The van der Waals surface area contributed by atoms with Gasteiger partial charge in [0, 0.05) is 5.92 Å². The minimum absolute atomic E-state index is 0.102. The van der Waals surface area contributed by atoms with Gasteiger partial charge in [0.25, 0.3) is 0 Å². The number of amides is 4. The van der Waals surface area contributed by atoms with Crippen molar-refractivity contribution in [3.05, 3.63) is 106 Å². The number of phenols is 1. The van der Waals surface area contributed by atoms with Crippen molar-refractivity contribution < 1.29 is 28.7 Å². The third-order valence-electron chi connectivity index (χ3n) is 10.3. The van der Waals surface area contributed by atoms with E-state index >= 15 is 0 Å². The Morgan fingerprint density at radius 1 is 0.955 bits per heavy atom. The molecule has 4 aliphatic rings. The lowest BCUT2D eigenvalue weighted by atomic mass is 9.51. The molecule has 7 rings (SSSR count). The summed E-state index contributed by atoms with van der Waals surface area (Å²) < 4.78 is 14.1. The number of aryl methyl sites for hydroxylation is 1. The summed E-state index contributed by atoms with van der Waals surface area (Å²) in [5.41, 5.74) is 1.99. The predicted octanol–water partition coefficient (Wildman–Crippen LogP) is 5.92. The van der Waals surface area contributed by atoms with Crippen LogP contribution >= 0.6 is 11.6 Å². The van der Waals surface area contributed by atoms with Crippen molar-refractivity contribution in [3.63, 3.8) is 0 Å². The lowest BCUT2D eigenvalue weighted by Gasteiger charge is -2.49. The molecule has 2 aliphatic heterocycles. The second kappa shape index (κ2) is 10.1. The Morgan fingerprint density at radius 3 is 2.41 bits per heavy atom. The number of hydrogen-bond acceptors (Lipinski definition) is 5. The molecule has 7 nitrogen and oxygen atoms in total. The van der Waals surface area contributed by atoms with E-state index in [4.69, 9.17) is 11.6 Å². The number of carbonyl (C=O) groups is 4. The van der Waals surface area contributed by atoms with Gasteiger partial charge in [0.05, 0.1) is 40.4 Å². The molecule has 44 heavy (non-hydrogen) atoms. The number of allylic oxidation sites excluding steroid dienone is 2. The Bertz CT molecular complexity index is 1790. The summed E-state index contributed by atoms with van der Waals surface area (Å²) in [5, 5.41) is 10.1. The predicted molar refractivity (Wildman–Crippen MR) is 161 cm³/mol. The van der Waals surface area contributed by atoms with Gasteiger partial charge in [0.2, 0.25) is 23.6 Å². The number of aromatic hydroxyl groups is 1. The molecule has 3 aromatic carbocycles. The zero-order valence-corrected chi connectivity index (χ0v) is 24.9. The topological polar surface area (TPSA) is 95.0 Å². The number of likely N-dealkylation sites (tertiary alicyclic amines) is 1. The molecule has 224 valence electrons. The van der Waals surface area contributed by atoms with Crippen molar-refractivity contribution in [2.45, 2.75) is 39.2 Å². The number of halogens is 2. The summed E-state index contributed by atoms with van der Waals surface area (Å²) >= 11 is 6.06. The van der Waals surface area contributed by atoms with Crippen LogP contribution in [0.1, 0.15) is 42.4 Å². The molecule has 3 fully saturated rings. The molecule has 0 radical (unpaired) electrons. The fourth-order valence-corrected chi connectivity index (χ4v) is 8.29. The maximum atomic E-state index is 14.4. The third kappa shape index (κ3) is 4.00. The van der Waals surface area contributed by atoms with E-state index in [0.717, 1.165) is 27.7 Å². The van der Waals surface area contributed by atoms with Crippen LogP contribution in [0.2, 0.25) is 5.02 Å². The molecule has 9 heteroatoms. The number of imide groups is 2. The third-order valence-corrected chi connectivity index (χ3v) is 10.6. The average Bonchev–Trinajstić information content (AvgIpc) is 3.36. The minimum atomic E-state index is -1.24. The molecule has 0 spiro atoms. The van der Waals surface area contributed by atoms with Crippen LogP contribution in [0.15, 0.2) is 78.4 Å². The van der Waals surface area contributed by atoms with Crippen molar-refractivity contribution >= 4 is 40.9 Å². The van der Waals surface area contributed by atoms with E-state index in [9.17, 15) is 28.7 Å². The molecule has 3 aromatic rings. The fraction of sp³-hybridized carbons (Fsp3) is 0.314. The number of carbonyl (C=O) groups excluding carboxylic acids is 4. The molecule has 6 atom stereocenters. The molecule has 1 saturated carbocycles. The highest BCUT2D eigenvalue weighted by molar-refractivity contribution is 6.31. The molecular weight excluding hydrogens is 583 g/mol. The summed E-state index contributed by atoms with van der Waals surface area (Å²) in [6, 6.07) is 18.3. The average molecular weight is 613 g/mol. The molecule has 6 unspecified atom stereocenters. The zero-order chi connectivity index (χ0) is 31.1. The highest BCUT2D eigenvalue weighted by Gasteiger charge is 2.67. The van der Waals surface area contributed by atoms with E-state index in [2.05, 4.69) is 0 Å². The van der Waals surface area contributed by atoms with E-state index in [1.165, 1.54) is 17.0 Å². The Labute approximate surface area is 258 Å². The van der Waals surface area contributed by atoms with E-state index in [1.807, 2.05) is 42.5 Å². The van der Waals surface area contributed by atoms with Crippen LogP contribution in [0.5, 0.6) is 5.75 Å². The van der Waals surface area contributed by atoms with Crippen LogP contribution in [0.3, 0.4) is 0 Å². The second-order valence-corrected chi connectivity index (χ2v) is 13.0. The van der Waals surface area contributed by atoms with Crippen LogP contribution in [-0.4, -0.2) is 33.6 Å². The van der Waals surface area contributed by atoms with Crippen molar-refractivity contribution in [1.29, 1.82) is 0 Å². The first-order valence-electron chi connectivity index (χ1n) is 14.7. The van der Waals surface area contributed by atoms with Gasteiger partial charge in [-0.1, -0.05) is 65.7 Å². The summed E-state index contributed by atoms with van der Waals surface area (Å²) in [5.74, 6) is -5.00. The number of phenolic OH excluding ortho intramolecular Hbond substituents is 1. The van der Waals surface area contributed by atoms with Crippen LogP contribution in [-0.2, 0) is 25.7 Å². The van der Waals surface area contributed by atoms with E-state index in [1.54, 1.807) is 26.0 Å². The van der Waals surface area contributed by atoms with Crippen LogP contribution in [0.4, 0.5) is 10.1 Å². The van der Waals surface area contributed by atoms with Crippen molar-refractivity contribution in [1.82, 2.24) is 4.90 Å². The summed E-state index contributed by atoms with van der Waals surface area (Å²) in [4.78, 5) is 58.8. The van der Waals surface area contributed by atoms with E-state index in [-0.39, 0.29) is 41.2 Å². The minimum Gasteiger partial charge on any atom is -0.508 e. The molecule has 1 N–H and O–H groups in total. The maximum absolute atomic E-state index is 14.4. The smallest absolute Gasteiger partial charge is 0.241 e. The summed E-state index contributed by atoms with van der Waals surface area (Å²) in [6.07, 6.45) is 2.55. The van der Waals surface area contributed by atoms with Crippen LogP contribution in [0, 0.1) is 41.8 Å². The molecule has 2 aliphatic carbocycles. The second-order valence-electron chi connectivity index (χ2n) is 12.6. The molecule has 0 bridgehead atoms. The van der Waals surface area contributed by atoms with Gasteiger partial charge in [-0.25, -0.2) is 9.29 Å². The van der Waals surface area contributed by atoms with Crippen molar-refractivity contribution in [2.24, 2.45) is 29.1 Å². The summed E-state index contributed by atoms with van der Waals surface area (Å²) in [7, 11) is 0. The largest absolute Gasteiger partial charge is 0.508 e. The number of rotatable bonds is 4. The zero-order valence-electron chi connectivity index (χ0n) is 24.2. The monoisotopic (exact) mass is 612 g/mol. The number of benzene rings is 3. The number of hydrogen-bond donors (Lipinski definition) is 1.